The van der Waals surface area contributed by atoms with Gasteiger partial charge >= 0.3 is 0 Å². The number of carbonyl (C=O) groups excluding carboxylic acids is 1. The molecule has 8 heteroatoms. The number of halogens is 2. The number of carbonyl (C=O) groups is 1. The molecule has 2 aromatic carbocycles. The molecular weight excluding hydrogens is 362 g/mol. The average molecular weight is 382 g/mol. The summed E-state index contributed by atoms with van der Waals surface area (Å²) in [4.78, 5) is 11.8. The second-order valence-electron chi connectivity index (χ2n) is 5.72. The van der Waals surface area contributed by atoms with Gasteiger partial charge in [-0.1, -0.05) is 19.8 Å². The molecule has 0 radical (unpaired) electrons. The Morgan fingerprint density at radius 1 is 1.04 bits per heavy atom. The summed E-state index contributed by atoms with van der Waals surface area (Å²) in [6.07, 6.45) is 2.94. The van der Waals surface area contributed by atoms with Gasteiger partial charge in [-0.3, -0.25) is 9.52 Å². The molecule has 0 aromatic heterocycles. The van der Waals surface area contributed by atoms with E-state index >= 15 is 0 Å². The van der Waals surface area contributed by atoms with Crippen molar-refractivity contribution in [3.8, 4) is 0 Å². The van der Waals surface area contributed by atoms with E-state index in [-0.39, 0.29) is 16.5 Å². The maximum absolute atomic E-state index is 13.6. The standard InChI is InChI=1S/C18H20F2N2O3S/c1-2-3-4-11-21-18(23)13-5-8-15(9-6-13)26(24,25)22-17-10-7-14(19)12-16(17)20/h5-10,12,22H,2-4,11H2,1H3,(H,21,23). The normalized spacial score (nSPS) is 11.2. The number of nitrogens with one attached hydrogen (secondary N) is 2. The highest BCUT2D eigenvalue weighted by Crippen LogP contribution is 2.20. The number of rotatable bonds is 8. The first-order valence-corrected chi connectivity index (χ1v) is 9.68. The second-order valence-corrected chi connectivity index (χ2v) is 7.40. The molecule has 26 heavy (non-hydrogen) atoms. The van der Waals surface area contributed by atoms with Crippen LogP contribution in [0.1, 0.15) is 36.5 Å². The number of hydrogen-bond donors (Lipinski definition) is 2. The van der Waals surface area contributed by atoms with Crippen LogP contribution < -0.4 is 10.0 Å². The van der Waals surface area contributed by atoms with Crippen molar-refractivity contribution in [2.45, 2.75) is 31.1 Å². The van der Waals surface area contributed by atoms with Crippen molar-refractivity contribution >= 4 is 21.6 Å². The fraction of sp³-hybridized carbons (Fsp3) is 0.278. The lowest BCUT2D eigenvalue weighted by Crippen LogP contribution is -2.24. The molecule has 0 saturated carbocycles. The lowest BCUT2D eigenvalue weighted by atomic mass is 10.2. The molecule has 0 spiro atoms. The third-order valence-electron chi connectivity index (χ3n) is 3.67. The smallest absolute Gasteiger partial charge is 0.261 e. The summed E-state index contributed by atoms with van der Waals surface area (Å²) < 4.78 is 53.2. The van der Waals surface area contributed by atoms with Crippen molar-refractivity contribution < 1.29 is 22.0 Å². The largest absolute Gasteiger partial charge is 0.352 e. The molecule has 2 rings (SSSR count). The van der Waals surface area contributed by atoms with Crippen molar-refractivity contribution in [1.82, 2.24) is 5.32 Å². The minimum Gasteiger partial charge on any atom is -0.352 e. The van der Waals surface area contributed by atoms with E-state index < -0.39 is 21.7 Å². The van der Waals surface area contributed by atoms with Crippen molar-refractivity contribution in [1.29, 1.82) is 0 Å². The molecule has 0 aliphatic carbocycles. The van der Waals surface area contributed by atoms with Crippen LogP contribution in [0.25, 0.3) is 0 Å². The Morgan fingerprint density at radius 2 is 1.73 bits per heavy atom. The highest BCUT2D eigenvalue weighted by Gasteiger charge is 2.17. The van der Waals surface area contributed by atoms with E-state index in [9.17, 15) is 22.0 Å². The van der Waals surface area contributed by atoms with E-state index in [0.29, 0.717) is 18.2 Å². The fourth-order valence-corrected chi connectivity index (χ4v) is 3.31. The van der Waals surface area contributed by atoms with Crippen LogP contribution in [-0.4, -0.2) is 20.9 Å². The quantitative estimate of drug-likeness (QED) is 0.684. The van der Waals surface area contributed by atoms with Crippen LogP contribution in [-0.2, 0) is 10.0 Å². The molecule has 0 aliphatic heterocycles. The molecule has 0 atom stereocenters. The van der Waals surface area contributed by atoms with E-state index in [2.05, 4.69) is 17.0 Å². The number of unbranched alkanes of at least 4 members (excludes halogenated alkanes) is 2. The zero-order chi connectivity index (χ0) is 19.2. The van der Waals surface area contributed by atoms with Gasteiger partial charge in [0.2, 0.25) is 0 Å². The van der Waals surface area contributed by atoms with E-state index in [4.69, 9.17) is 0 Å². The van der Waals surface area contributed by atoms with Gasteiger partial charge in [0, 0.05) is 18.2 Å². The molecule has 2 N–H and O–H groups in total. The number of amides is 1. The van der Waals surface area contributed by atoms with E-state index in [1.54, 1.807) is 0 Å². The first-order chi connectivity index (χ1) is 12.3. The van der Waals surface area contributed by atoms with Crippen molar-refractivity contribution in [2.24, 2.45) is 0 Å². The van der Waals surface area contributed by atoms with Crippen LogP contribution >= 0.6 is 0 Å². The Bertz CT molecular complexity index is 869. The molecule has 2 aromatic rings. The van der Waals surface area contributed by atoms with Gasteiger partial charge in [-0.2, -0.15) is 0 Å². The third kappa shape index (κ3) is 5.26. The first kappa shape index (κ1) is 19.8. The Kier molecular flexibility index (Phi) is 6.68. The topological polar surface area (TPSA) is 75.3 Å². The molecule has 1 amide bonds. The second kappa shape index (κ2) is 8.75. The van der Waals surface area contributed by atoms with Gasteiger partial charge < -0.3 is 5.32 Å². The summed E-state index contributed by atoms with van der Waals surface area (Å²) in [6.45, 7) is 2.62. The van der Waals surface area contributed by atoms with Crippen LogP contribution in [0.5, 0.6) is 0 Å². The lowest BCUT2D eigenvalue weighted by molar-refractivity contribution is 0.0953. The van der Waals surface area contributed by atoms with Gasteiger partial charge in [-0.15, -0.1) is 0 Å². The van der Waals surface area contributed by atoms with Gasteiger partial charge in [0.15, 0.2) is 0 Å². The summed E-state index contributed by atoms with van der Waals surface area (Å²) in [5, 5.41) is 2.76. The van der Waals surface area contributed by atoms with Crippen LogP contribution in [0, 0.1) is 11.6 Å². The zero-order valence-electron chi connectivity index (χ0n) is 14.3. The molecule has 5 nitrogen and oxygen atoms in total. The maximum Gasteiger partial charge on any atom is 0.261 e. The van der Waals surface area contributed by atoms with Gasteiger partial charge in [0.25, 0.3) is 15.9 Å². The van der Waals surface area contributed by atoms with Gasteiger partial charge in [0.05, 0.1) is 10.6 Å². The lowest BCUT2D eigenvalue weighted by Gasteiger charge is -2.10. The summed E-state index contributed by atoms with van der Waals surface area (Å²) in [5.74, 6) is -2.11. The zero-order valence-corrected chi connectivity index (χ0v) is 15.1. The first-order valence-electron chi connectivity index (χ1n) is 8.19. The summed E-state index contributed by atoms with van der Waals surface area (Å²) >= 11 is 0. The summed E-state index contributed by atoms with van der Waals surface area (Å²) in [7, 11) is -4.06. The highest BCUT2D eigenvalue weighted by atomic mass is 32.2. The fourth-order valence-electron chi connectivity index (χ4n) is 2.24. The van der Waals surface area contributed by atoms with Gasteiger partial charge in [-0.25, -0.2) is 17.2 Å². The minimum atomic E-state index is -4.06. The van der Waals surface area contributed by atoms with Crippen LogP contribution in [0.2, 0.25) is 0 Å². The Balaban J connectivity index is 2.07. The number of sulfonamides is 1. The number of hydrogen-bond acceptors (Lipinski definition) is 3. The molecule has 0 fully saturated rings. The summed E-state index contributed by atoms with van der Waals surface area (Å²) in [6, 6.07) is 7.81. The molecule has 0 saturated heterocycles. The Labute approximate surface area is 151 Å². The molecular formula is C18H20F2N2O3S. The van der Waals surface area contributed by atoms with Crippen molar-refractivity contribution in [3.63, 3.8) is 0 Å². The number of benzene rings is 2. The van der Waals surface area contributed by atoms with E-state index in [1.165, 1.54) is 24.3 Å². The SMILES string of the molecule is CCCCCNC(=O)c1ccc(S(=O)(=O)Nc2ccc(F)cc2F)cc1. The van der Waals surface area contributed by atoms with E-state index in [0.717, 1.165) is 31.4 Å². The van der Waals surface area contributed by atoms with Crippen LogP contribution in [0.4, 0.5) is 14.5 Å². The Hall–Kier alpha value is -2.48. The molecule has 0 heterocycles. The molecule has 0 aliphatic rings. The van der Waals surface area contributed by atoms with Crippen LogP contribution in [0.3, 0.4) is 0 Å². The van der Waals surface area contributed by atoms with E-state index in [1.807, 2.05) is 0 Å². The highest BCUT2D eigenvalue weighted by molar-refractivity contribution is 7.92. The predicted octanol–water partition coefficient (Wildman–Crippen LogP) is 3.69. The van der Waals surface area contributed by atoms with Gasteiger partial charge in [-0.05, 0) is 42.8 Å². The summed E-state index contributed by atoms with van der Waals surface area (Å²) in [5.41, 5.74) is -0.0300. The maximum atomic E-state index is 13.6. The van der Waals surface area contributed by atoms with Gasteiger partial charge in [0.1, 0.15) is 11.6 Å². The monoisotopic (exact) mass is 382 g/mol. The third-order valence-corrected chi connectivity index (χ3v) is 5.05. The molecule has 0 unspecified atom stereocenters. The van der Waals surface area contributed by atoms with Crippen molar-refractivity contribution in [2.75, 3.05) is 11.3 Å². The molecule has 0 bridgehead atoms. The average Bonchev–Trinajstić information content (AvgIpc) is 2.61. The predicted molar refractivity (Wildman–Crippen MR) is 95.5 cm³/mol. The minimum absolute atomic E-state index is 0.135. The number of anilines is 1. The Morgan fingerprint density at radius 3 is 2.35 bits per heavy atom. The molecule has 140 valence electrons. The van der Waals surface area contributed by atoms with Crippen molar-refractivity contribution in [3.05, 3.63) is 59.7 Å². The van der Waals surface area contributed by atoms with Crippen LogP contribution in [0.15, 0.2) is 47.4 Å².